The molecule has 0 atom stereocenters. The van der Waals surface area contributed by atoms with Crippen LogP contribution < -0.4 is 0 Å². The van der Waals surface area contributed by atoms with Gasteiger partial charge in [-0.05, 0) is 26.0 Å². The van der Waals surface area contributed by atoms with Crippen molar-refractivity contribution in [2.45, 2.75) is 18.7 Å². The molecule has 0 amide bonds. The van der Waals surface area contributed by atoms with Gasteiger partial charge in [0.15, 0.2) is 0 Å². The Bertz CT molecular complexity index is 365. The smallest absolute Gasteiger partial charge is 0.0691 e. The molecule has 1 nitrogen and oxygen atoms in total. The Morgan fingerprint density at radius 2 is 1.94 bits per heavy atom. The summed E-state index contributed by atoms with van der Waals surface area (Å²) < 4.78 is 0. The molecule has 88 valence electrons. The third-order valence-corrected chi connectivity index (χ3v) is 4.77. The second kappa shape index (κ2) is 6.48. The van der Waals surface area contributed by atoms with Gasteiger partial charge in [0.05, 0.1) is 11.8 Å². The molecule has 1 aliphatic heterocycles. The summed E-state index contributed by atoms with van der Waals surface area (Å²) in [4.78, 5) is 5.24. The number of halogens is 1. The maximum absolute atomic E-state index is 2.43. The van der Waals surface area contributed by atoms with Gasteiger partial charge in [0.1, 0.15) is 0 Å². The van der Waals surface area contributed by atoms with Crippen LogP contribution in [0.1, 0.15) is 13.8 Å². The average molecular weight is 274 g/mol. The summed E-state index contributed by atoms with van der Waals surface area (Å²) in [6, 6.07) is 10.6. The van der Waals surface area contributed by atoms with Crippen LogP contribution in [0.15, 0.2) is 45.8 Å². The standard InChI is InChI=1S/C12H15NS2.ClH/c1-10-11(2)14-8-13(10)9-15-12-6-4-3-5-7-12;/h3-7H,8-9H2,1-2H3;1H. The second-order valence-electron chi connectivity index (χ2n) is 3.54. The summed E-state index contributed by atoms with van der Waals surface area (Å²) in [5, 5.41) is 0. The molecule has 1 heterocycles. The van der Waals surface area contributed by atoms with Crippen LogP contribution in [-0.4, -0.2) is 16.7 Å². The van der Waals surface area contributed by atoms with Crippen molar-refractivity contribution in [3.05, 3.63) is 40.9 Å². The van der Waals surface area contributed by atoms with Crippen LogP contribution in [0, 0.1) is 0 Å². The van der Waals surface area contributed by atoms with E-state index in [-0.39, 0.29) is 12.4 Å². The van der Waals surface area contributed by atoms with Crippen molar-refractivity contribution in [3.63, 3.8) is 0 Å². The largest absolute Gasteiger partial charge is 0.355 e. The van der Waals surface area contributed by atoms with Crippen LogP contribution >= 0.6 is 35.9 Å². The SMILES string of the molecule is CC1=C(C)N(CSc2ccccc2)CS1.Cl. The molecule has 16 heavy (non-hydrogen) atoms. The Morgan fingerprint density at radius 1 is 1.25 bits per heavy atom. The first-order valence-electron chi connectivity index (χ1n) is 5.00. The van der Waals surface area contributed by atoms with E-state index in [0.717, 1.165) is 11.8 Å². The quantitative estimate of drug-likeness (QED) is 0.751. The molecule has 0 aliphatic carbocycles. The van der Waals surface area contributed by atoms with Crippen LogP contribution in [0.3, 0.4) is 0 Å². The van der Waals surface area contributed by atoms with Gasteiger partial charge in [0, 0.05) is 15.5 Å². The molecule has 0 unspecified atom stereocenters. The van der Waals surface area contributed by atoms with Crippen molar-refractivity contribution in [1.29, 1.82) is 0 Å². The summed E-state index contributed by atoms with van der Waals surface area (Å²) in [5.41, 5.74) is 1.43. The number of rotatable bonds is 3. The molecule has 1 aliphatic rings. The average Bonchev–Trinajstić information content (AvgIpc) is 2.59. The molecule has 0 N–H and O–H groups in total. The number of benzene rings is 1. The maximum atomic E-state index is 2.43. The number of allylic oxidation sites excluding steroid dienone is 2. The predicted octanol–water partition coefficient (Wildman–Crippen LogP) is 4.42. The van der Waals surface area contributed by atoms with Crippen molar-refractivity contribution >= 4 is 35.9 Å². The lowest BCUT2D eigenvalue weighted by Gasteiger charge is -2.18. The minimum atomic E-state index is 0. The van der Waals surface area contributed by atoms with E-state index in [1.165, 1.54) is 15.5 Å². The van der Waals surface area contributed by atoms with Crippen molar-refractivity contribution in [3.8, 4) is 0 Å². The highest BCUT2D eigenvalue weighted by Crippen LogP contribution is 2.33. The molecule has 2 rings (SSSR count). The van der Waals surface area contributed by atoms with Crippen LogP contribution in [-0.2, 0) is 0 Å². The first kappa shape index (κ1) is 13.8. The Labute approximate surface area is 112 Å². The van der Waals surface area contributed by atoms with Gasteiger partial charge in [-0.3, -0.25) is 0 Å². The first-order chi connectivity index (χ1) is 7.27. The van der Waals surface area contributed by atoms with Crippen molar-refractivity contribution < 1.29 is 0 Å². The zero-order valence-electron chi connectivity index (χ0n) is 9.47. The molecule has 0 saturated carbocycles. The summed E-state index contributed by atoms with van der Waals surface area (Å²) >= 11 is 3.84. The molecule has 4 heteroatoms. The molecule has 0 bridgehead atoms. The van der Waals surface area contributed by atoms with E-state index in [0.29, 0.717) is 0 Å². The van der Waals surface area contributed by atoms with E-state index in [4.69, 9.17) is 0 Å². The van der Waals surface area contributed by atoms with Gasteiger partial charge in [-0.15, -0.1) is 35.9 Å². The predicted molar refractivity (Wildman–Crippen MR) is 77.1 cm³/mol. The summed E-state index contributed by atoms with van der Waals surface area (Å²) in [6.45, 7) is 4.41. The van der Waals surface area contributed by atoms with E-state index in [1.54, 1.807) is 0 Å². The Balaban J connectivity index is 0.00000128. The number of hydrogen-bond donors (Lipinski definition) is 0. The molecular formula is C12H16ClNS2. The van der Waals surface area contributed by atoms with Crippen molar-refractivity contribution in [1.82, 2.24) is 4.90 Å². The summed E-state index contributed by atoms with van der Waals surface area (Å²) in [5.74, 6) is 2.16. The van der Waals surface area contributed by atoms with Crippen molar-refractivity contribution in [2.75, 3.05) is 11.8 Å². The lowest BCUT2D eigenvalue weighted by molar-refractivity contribution is 0.483. The highest BCUT2D eigenvalue weighted by atomic mass is 35.5. The third kappa shape index (κ3) is 3.37. The van der Waals surface area contributed by atoms with Gasteiger partial charge in [0.2, 0.25) is 0 Å². The lowest BCUT2D eigenvalue weighted by atomic mass is 10.4. The fourth-order valence-corrected chi connectivity index (χ4v) is 3.43. The summed E-state index contributed by atoms with van der Waals surface area (Å²) in [7, 11) is 0. The summed E-state index contributed by atoms with van der Waals surface area (Å²) in [6.07, 6.45) is 0. The zero-order valence-corrected chi connectivity index (χ0v) is 11.9. The van der Waals surface area contributed by atoms with Crippen LogP contribution in [0.25, 0.3) is 0 Å². The molecule has 0 fully saturated rings. The lowest BCUT2D eigenvalue weighted by Crippen LogP contribution is -2.16. The first-order valence-corrected chi connectivity index (χ1v) is 6.97. The van der Waals surface area contributed by atoms with Gasteiger partial charge in [-0.2, -0.15) is 0 Å². The normalized spacial score (nSPS) is 15.2. The minimum Gasteiger partial charge on any atom is -0.355 e. The fourth-order valence-electron chi connectivity index (χ4n) is 1.40. The molecule has 0 aromatic heterocycles. The van der Waals surface area contributed by atoms with Crippen molar-refractivity contribution in [2.24, 2.45) is 0 Å². The molecule has 1 aromatic rings. The third-order valence-electron chi connectivity index (χ3n) is 2.55. The number of thioether (sulfide) groups is 2. The highest BCUT2D eigenvalue weighted by Gasteiger charge is 2.15. The van der Waals surface area contributed by atoms with E-state index in [1.807, 2.05) is 23.5 Å². The van der Waals surface area contributed by atoms with Gasteiger partial charge in [-0.25, -0.2) is 0 Å². The second-order valence-corrected chi connectivity index (χ2v) is 5.72. The highest BCUT2D eigenvalue weighted by molar-refractivity contribution is 8.03. The Kier molecular flexibility index (Phi) is 5.59. The minimum absolute atomic E-state index is 0. The fraction of sp³-hybridized carbons (Fsp3) is 0.333. The van der Waals surface area contributed by atoms with E-state index in [2.05, 4.69) is 49.1 Å². The molecular weight excluding hydrogens is 258 g/mol. The van der Waals surface area contributed by atoms with E-state index in [9.17, 15) is 0 Å². The van der Waals surface area contributed by atoms with Gasteiger partial charge in [-0.1, -0.05) is 18.2 Å². The number of hydrogen-bond acceptors (Lipinski definition) is 3. The van der Waals surface area contributed by atoms with Gasteiger partial charge < -0.3 is 4.90 Å². The zero-order chi connectivity index (χ0) is 10.7. The topological polar surface area (TPSA) is 3.24 Å². The molecule has 0 saturated heterocycles. The number of nitrogens with zero attached hydrogens (tertiary/aromatic N) is 1. The van der Waals surface area contributed by atoms with E-state index >= 15 is 0 Å². The molecule has 0 spiro atoms. The monoisotopic (exact) mass is 273 g/mol. The van der Waals surface area contributed by atoms with Crippen LogP contribution in [0.2, 0.25) is 0 Å². The van der Waals surface area contributed by atoms with Crippen LogP contribution in [0.4, 0.5) is 0 Å². The van der Waals surface area contributed by atoms with Gasteiger partial charge in [0.25, 0.3) is 0 Å². The molecule has 1 aromatic carbocycles. The van der Waals surface area contributed by atoms with Gasteiger partial charge >= 0.3 is 0 Å². The molecule has 0 radical (unpaired) electrons. The Hall–Kier alpha value is -0.250. The van der Waals surface area contributed by atoms with Crippen LogP contribution in [0.5, 0.6) is 0 Å². The Morgan fingerprint density at radius 3 is 2.50 bits per heavy atom. The maximum Gasteiger partial charge on any atom is 0.0691 e. The van der Waals surface area contributed by atoms with E-state index < -0.39 is 0 Å².